The zero-order valence-corrected chi connectivity index (χ0v) is 17.4. The highest BCUT2D eigenvalue weighted by atomic mass is 16.5. The SMILES string of the molecule is C[C@@H]1C[NH+](CCC(=O)NNC(=O)Cc2coc3ccc4ccccc4c23)C[C@@H](C)O1. The fourth-order valence-electron chi connectivity index (χ4n) is 4.31. The molecule has 0 unspecified atom stereocenters. The van der Waals surface area contributed by atoms with Gasteiger partial charge in [0.15, 0.2) is 0 Å². The molecule has 0 aliphatic carbocycles. The van der Waals surface area contributed by atoms with Crippen LogP contribution >= 0.6 is 0 Å². The van der Waals surface area contributed by atoms with Crippen molar-refractivity contribution in [3.8, 4) is 0 Å². The average Bonchev–Trinajstić information content (AvgIpc) is 3.13. The minimum absolute atomic E-state index is 0.130. The predicted molar refractivity (Wildman–Crippen MR) is 114 cm³/mol. The summed E-state index contributed by atoms with van der Waals surface area (Å²) in [6.07, 6.45) is 2.50. The van der Waals surface area contributed by atoms with E-state index in [9.17, 15) is 9.59 Å². The number of fused-ring (bicyclic) bond motifs is 3. The summed E-state index contributed by atoms with van der Waals surface area (Å²) in [6.45, 7) is 6.62. The Labute approximate surface area is 175 Å². The van der Waals surface area contributed by atoms with Crippen LogP contribution in [0.2, 0.25) is 0 Å². The van der Waals surface area contributed by atoms with E-state index in [0.717, 1.165) is 46.9 Å². The van der Waals surface area contributed by atoms with Crippen molar-refractivity contribution >= 4 is 33.6 Å². The molecule has 4 rings (SSSR count). The third-order valence-corrected chi connectivity index (χ3v) is 5.55. The molecule has 3 aromatic rings. The fourth-order valence-corrected chi connectivity index (χ4v) is 4.31. The topological polar surface area (TPSA) is 85.0 Å². The van der Waals surface area contributed by atoms with Crippen molar-refractivity contribution in [2.45, 2.75) is 38.9 Å². The van der Waals surface area contributed by atoms with Crippen LogP contribution in [0, 0.1) is 0 Å². The van der Waals surface area contributed by atoms with Crippen molar-refractivity contribution in [1.29, 1.82) is 0 Å². The molecule has 2 amide bonds. The van der Waals surface area contributed by atoms with Gasteiger partial charge < -0.3 is 14.1 Å². The van der Waals surface area contributed by atoms with Crippen molar-refractivity contribution in [3.05, 3.63) is 48.2 Å². The first-order chi connectivity index (χ1) is 14.5. The van der Waals surface area contributed by atoms with Crippen molar-refractivity contribution in [1.82, 2.24) is 10.9 Å². The monoisotopic (exact) mass is 410 g/mol. The molecule has 2 atom stereocenters. The van der Waals surface area contributed by atoms with Crippen LogP contribution in [0.3, 0.4) is 0 Å². The van der Waals surface area contributed by atoms with Gasteiger partial charge in [-0.1, -0.05) is 30.3 Å². The number of hydrogen-bond acceptors (Lipinski definition) is 4. The van der Waals surface area contributed by atoms with Gasteiger partial charge in [-0.05, 0) is 30.7 Å². The molecule has 0 saturated carbocycles. The minimum Gasteiger partial charge on any atom is -0.464 e. The third kappa shape index (κ3) is 4.63. The lowest BCUT2D eigenvalue weighted by atomic mass is 10.0. The Kier molecular flexibility index (Phi) is 6.01. The summed E-state index contributed by atoms with van der Waals surface area (Å²) in [5.74, 6) is -0.468. The molecule has 2 aromatic carbocycles. The summed E-state index contributed by atoms with van der Waals surface area (Å²) in [7, 11) is 0. The van der Waals surface area contributed by atoms with Gasteiger partial charge in [0.2, 0.25) is 11.8 Å². The van der Waals surface area contributed by atoms with Crippen LogP contribution < -0.4 is 15.8 Å². The van der Waals surface area contributed by atoms with E-state index in [1.165, 1.54) is 4.90 Å². The predicted octanol–water partition coefficient (Wildman–Crippen LogP) is 1.36. The van der Waals surface area contributed by atoms with Crippen LogP contribution in [0.5, 0.6) is 0 Å². The lowest BCUT2D eigenvalue weighted by Gasteiger charge is -2.32. The molecule has 1 fully saturated rings. The molecular formula is C23H28N3O4+. The van der Waals surface area contributed by atoms with E-state index in [2.05, 4.69) is 24.7 Å². The van der Waals surface area contributed by atoms with Crippen LogP contribution in [-0.2, 0) is 20.7 Å². The summed E-state index contributed by atoms with van der Waals surface area (Å²) in [4.78, 5) is 25.9. The molecule has 3 N–H and O–H groups in total. The number of benzene rings is 2. The van der Waals surface area contributed by atoms with Gasteiger partial charge in [0.25, 0.3) is 0 Å². The summed E-state index contributed by atoms with van der Waals surface area (Å²) < 4.78 is 11.3. The zero-order chi connectivity index (χ0) is 21.1. The number of morpholine rings is 1. The van der Waals surface area contributed by atoms with Crippen molar-refractivity contribution in [2.75, 3.05) is 19.6 Å². The Balaban J connectivity index is 1.31. The molecule has 0 bridgehead atoms. The van der Waals surface area contributed by atoms with Gasteiger partial charge in [-0.25, -0.2) is 0 Å². The van der Waals surface area contributed by atoms with Gasteiger partial charge in [-0.15, -0.1) is 0 Å². The smallest absolute Gasteiger partial charge is 0.244 e. The van der Waals surface area contributed by atoms with Crippen LogP contribution in [0.25, 0.3) is 21.7 Å². The Morgan fingerprint density at radius 3 is 2.57 bits per heavy atom. The highest BCUT2D eigenvalue weighted by Gasteiger charge is 2.25. The molecule has 1 aliphatic rings. The van der Waals surface area contributed by atoms with Gasteiger partial charge in [0.05, 0.1) is 25.6 Å². The van der Waals surface area contributed by atoms with Crippen LogP contribution in [0.4, 0.5) is 0 Å². The number of hydrogen-bond donors (Lipinski definition) is 3. The molecule has 2 heterocycles. The van der Waals surface area contributed by atoms with Gasteiger partial charge in [0, 0.05) is 10.9 Å². The second-order valence-electron chi connectivity index (χ2n) is 8.11. The van der Waals surface area contributed by atoms with E-state index in [4.69, 9.17) is 9.15 Å². The minimum atomic E-state index is -0.278. The summed E-state index contributed by atoms with van der Waals surface area (Å²) >= 11 is 0. The second kappa shape index (κ2) is 8.85. The molecule has 30 heavy (non-hydrogen) atoms. The molecule has 7 heteroatoms. The number of rotatable bonds is 5. The largest absolute Gasteiger partial charge is 0.464 e. The number of ether oxygens (including phenoxy) is 1. The van der Waals surface area contributed by atoms with Crippen LogP contribution in [-0.4, -0.2) is 43.7 Å². The second-order valence-corrected chi connectivity index (χ2v) is 8.11. The maximum Gasteiger partial charge on any atom is 0.244 e. The Morgan fingerprint density at radius 1 is 1.03 bits per heavy atom. The first-order valence-electron chi connectivity index (χ1n) is 10.4. The average molecular weight is 410 g/mol. The Morgan fingerprint density at radius 2 is 1.77 bits per heavy atom. The van der Waals surface area contributed by atoms with Crippen molar-refractivity contribution in [3.63, 3.8) is 0 Å². The van der Waals surface area contributed by atoms with E-state index in [-0.39, 0.29) is 30.4 Å². The molecule has 158 valence electrons. The quantitative estimate of drug-likeness (QED) is 0.555. The van der Waals surface area contributed by atoms with Crippen LogP contribution in [0.15, 0.2) is 47.1 Å². The summed E-state index contributed by atoms with van der Waals surface area (Å²) in [5, 5.41) is 3.08. The maximum absolute atomic E-state index is 12.4. The van der Waals surface area contributed by atoms with Gasteiger partial charge in [0.1, 0.15) is 30.9 Å². The number of amides is 2. The van der Waals surface area contributed by atoms with E-state index in [1.54, 1.807) is 6.26 Å². The van der Waals surface area contributed by atoms with E-state index in [1.807, 2.05) is 36.4 Å². The number of hydrazine groups is 1. The van der Waals surface area contributed by atoms with Gasteiger partial charge in [-0.2, -0.15) is 0 Å². The molecule has 0 radical (unpaired) electrons. The van der Waals surface area contributed by atoms with E-state index >= 15 is 0 Å². The van der Waals surface area contributed by atoms with Gasteiger partial charge in [-0.3, -0.25) is 20.4 Å². The normalized spacial score (nSPS) is 21.6. The van der Waals surface area contributed by atoms with Crippen molar-refractivity contribution < 1.29 is 23.6 Å². The van der Waals surface area contributed by atoms with Gasteiger partial charge >= 0.3 is 0 Å². The molecular weight excluding hydrogens is 382 g/mol. The van der Waals surface area contributed by atoms with Crippen molar-refractivity contribution in [2.24, 2.45) is 0 Å². The highest BCUT2D eigenvalue weighted by molar-refractivity contribution is 6.08. The first-order valence-corrected chi connectivity index (χ1v) is 10.4. The van der Waals surface area contributed by atoms with Crippen LogP contribution in [0.1, 0.15) is 25.8 Å². The lowest BCUT2D eigenvalue weighted by Crippen LogP contribution is -3.15. The number of quaternary nitrogens is 1. The first kappa shape index (κ1) is 20.4. The van der Waals surface area contributed by atoms with E-state index in [0.29, 0.717) is 6.42 Å². The van der Waals surface area contributed by atoms with E-state index < -0.39 is 0 Å². The molecule has 7 nitrogen and oxygen atoms in total. The fraction of sp³-hybridized carbons (Fsp3) is 0.391. The lowest BCUT2D eigenvalue weighted by molar-refractivity contribution is -0.914. The highest BCUT2D eigenvalue weighted by Crippen LogP contribution is 2.30. The summed E-state index contributed by atoms with van der Waals surface area (Å²) in [5.41, 5.74) is 6.60. The number of furan rings is 1. The summed E-state index contributed by atoms with van der Waals surface area (Å²) in [6, 6.07) is 11.9. The molecule has 1 aliphatic heterocycles. The molecule has 0 spiro atoms. The molecule has 1 saturated heterocycles. The number of nitrogens with one attached hydrogen (secondary N) is 3. The third-order valence-electron chi connectivity index (χ3n) is 5.55. The Bertz CT molecular complexity index is 1050. The maximum atomic E-state index is 12.4. The number of carbonyl (C=O) groups is 2. The standard InChI is InChI=1S/C23H27N3O4/c1-15-12-26(13-16(2)30-15)10-9-21(27)24-25-22(28)11-18-14-29-20-8-7-17-5-3-4-6-19(17)23(18)20/h3-8,14-16H,9-13H2,1-2H3,(H,24,27)(H,25,28)/p+1/t15-,16-/m1/s1. The molecule has 1 aromatic heterocycles. The zero-order valence-electron chi connectivity index (χ0n) is 17.4. The number of carbonyl (C=O) groups excluding carboxylic acids is 2. The Hall–Kier alpha value is -2.90.